The van der Waals surface area contributed by atoms with Gasteiger partial charge in [0, 0.05) is 12.1 Å². The monoisotopic (exact) mass is 401 g/mol. The summed E-state index contributed by atoms with van der Waals surface area (Å²) in [6, 6.07) is 21.2. The molecule has 3 aromatic carbocycles. The molecule has 0 aromatic heterocycles. The van der Waals surface area contributed by atoms with Crippen LogP contribution in [0.4, 0.5) is 4.39 Å². The number of carbonyl (C=O) groups is 2. The molecule has 0 spiro atoms. The van der Waals surface area contributed by atoms with E-state index in [1.165, 1.54) is 29.2 Å². The number of rotatable bonds is 4. The van der Waals surface area contributed by atoms with Crippen molar-refractivity contribution in [2.75, 3.05) is 0 Å². The van der Waals surface area contributed by atoms with Crippen LogP contribution >= 0.6 is 0 Å². The molecule has 0 aliphatic carbocycles. The van der Waals surface area contributed by atoms with E-state index in [-0.39, 0.29) is 17.9 Å². The highest BCUT2D eigenvalue weighted by molar-refractivity contribution is 6.46. The van der Waals surface area contributed by atoms with Gasteiger partial charge in [0.2, 0.25) is 0 Å². The predicted octanol–water partition coefficient (Wildman–Crippen LogP) is 4.76. The molecule has 3 aromatic rings. The molecule has 1 saturated heterocycles. The molecule has 1 aliphatic rings. The molecular formula is C25H20FNO3. The van der Waals surface area contributed by atoms with Gasteiger partial charge in [-0.05, 0) is 30.2 Å². The van der Waals surface area contributed by atoms with Crippen molar-refractivity contribution in [2.45, 2.75) is 19.5 Å². The number of aryl methyl sites for hydroxylation is 1. The number of carbonyl (C=O) groups excluding carboxylic acids is 2. The maximum Gasteiger partial charge on any atom is 0.295 e. The van der Waals surface area contributed by atoms with Crippen LogP contribution in [-0.2, 0) is 16.1 Å². The van der Waals surface area contributed by atoms with Crippen LogP contribution in [0, 0.1) is 12.7 Å². The Balaban J connectivity index is 1.85. The lowest BCUT2D eigenvalue weighted by molar-refractivity contribution is -0.140. The summed E-state index contributed by atoms with van der Waals surface area (Å²) in [5.74, 6) is -2.10. The first-order valence-corrected chi connectivity index (χ1v) is 9.60. The summed E-state index contributed by atoms with van der Waals surface area (Å²) < 4.78 is 13.5. The third-order valence-electron chi connectivity index (χ3n) is 5.25. The summed E-state index contributed by atoms with van der Waals surface area (Å²) in [4.78, 5) is 27.3. The number of amides is 1. The van der Waals surface area contributed by atoms with Gasteiger partial charge in [0.25, 0.3) is 11.7 Å². The van der Waals surface area contributed by atoms with Gasteiger partial charge in [-0.1, -0.05) is 72.3 Å². The van der Waals surface area contributed by atoms with Gasteiger partial charge in [-0.2, -0.15) is 0 Å². The highest BCUT2D eigenvalue weighted by Crippen LogP contribution is 2.40. The number of ketones is 1. The van der Waals surface area contributed by atoms with Gasteiger partial charge < -0.3 is 10.0 Å². The molecule has 1 amide bonds. The Hall–Kier alpha value is -3.73. The molecule has 0 bridgehead atoms. The van der Waals surface area contributed by atoms with Gasteiger partial charge in [-0.25, -0.2) is 4.39 Å². The zero-order chi connectivity index (χ0) is 21.3. The fourth-order valence-electron chi connectivity index (χ4n) is 3.68. The Morgan fingerprint density at radius 1 is 0.933 bits per heavy atom. The first-order chi connectivity index (χ1) is 14.5. The fraction of sp³-hybridized carbons (Fsp3) is 0.120. The normalized spacial score (nSPS) is 18.1. The Morgan fingerprint density at radius 3 is 2.20 bits per heavy atom. The van der Waals surface area contributed by atoms with Crippen molar-refractivity contribution in [1.29, 1.82) is 0 Å². The molecule has 1 fully saturated rings. The smallest absolute Gasteiger partial charge is 0.295 e. The van der Waals surface area contributed by atoms with Gasteiger partial charge in [0.15, 0.2) is 0 Å². The number of hydrogen-bond donors (Lipinski definition) is 1. The summed E-state index contributed by atoms with van der Waals surface area (Å²) in [6.07, 6.45) is 0. The van der Waals surface area contributed by atoms with Crippen molar-refractivity contribution < 1.29 is 19.1 Å². The molecule has 1 heterocycles. The summed E-state index contributed by atoms with van der Waals surface area (Å²) in [5.41, 5.74) is 2.87. The third kappa shape index (κ3) is 3.62. The molecule has 1 aliphatic heterocycles. The third-order valence-corrected chi connectivity index (χ3v) is 5.25. The second-order valence-electron chi connectivity index (χ2n) is 7.33. The van der Waals surface area contributed by atoms with Crippen LogP contribution in [0.3, 0.4) is 0 Å². The van der Waals surface area contributed by atoms with Gasteiger partial charge in [-0.3, -0.25) is 9.59 Å². The van der Waals surface area contributed by atoms with Crippen LogP contribution in [0.15, 0.2) is 84.4 Å². The average molecular weight is 401 g/mol. The van der Waals surface area contributed by atoms with Gasteiger partial charge in [-0.15, -0.1) is 0 Å². The van der Waals surface area contributed by atoms with E-state index in [0.717, 1.165) is 11.1 Å². The molecule has 150 valence electrons. The minimum absolute atomic E-state index is 0.00592. The number of halogens is 1. The second-order valence-corrected chi connectivity index (χ2v) is 7.33. The van der Waals surface area contributed by atoms with Gasteiger partial charge in [0.05, 0.1) is 11.6 Å². The zero-order valence-electron chi connectivity index (χ0n) is 16.4. The first-order valence-electron chi connectivity index (χ1n) is 9.60. The summed E-state index contributed by atoms with van der Waals surface area (Å²) in [5, 5.41) is 11.0. The molecular weight excluding hydrogens is 381 g/mol. The molecule has 5 heteroatoms. The molecule has 30 heavy (non-hydrogen) atoms. The lowest BCUT2D eigenvalue weighted by atomic mass is 9.95. The maximum absolute atomic E-state index is 13.5. The van der Waals surface area contributed by atoms with E-state index in [9.17, 15) is 19.1 Å². The molecule has 0 saturated carbocycles. The van der Waals surface area contributed by atoms with E-state index < -0.39 is 23.5 Å². The van der Waals surface area contributed by atoms with Gasteiger partial charge in [0.1, 0.15) is 11.6 Å². The number of aliphatic hydroxyl groups excluding tert-OH is 1. The minimum atomic E-state index is -0.813. The van der Waals surface area contributed by atoms with Crippen molar-refractivity contribution in [2.24, 2.45) is 0 Å². The number of benzene rings is 3. The van der Waals surface area contributed by atoms with Crippen LogP contribution < -0.4 is 0 Å². The average Bonchev–Trinajstić information content (AvgIpc) is 3.00. The van der Waals surface area contributed by atoms with E-state index in [1.807, 2.05) is 49.4 Å². The van der Waals surface area contributed by atoms with Crippen LogP contribution in [-0.4, -0.2) is 21.7 Å². The lowest BCUT2D eigenvalue weighted by Gasteiger charge is -2.25. The molecule has 1 atom stereocenters. The van der Waals surface area contributed by atoms with E-state index in [0.29, 0.717) is 11.1 Å². The van der Waals surface area contributed by atoms with Crippen molar-refractivity contribution in [3.05, 3.63) is 113 Å². The van der Waals surface area contributed by atoms with Crippen LogP contribution in [0.1, 0.15) is 28.3 Å². The van der Waals surface area contributed by atoms with Crippen molar-refractivity contribution in [3.63, 3.8) is 0 Å². The molecule has 1 N–H and O–H groups in total. The number of Topliss-reactive ketones (excluding diaryl/α,β-unsaturated/α-hetero) is 1. The Morgan fingerprint density at radius 2 is 1.57 bits per heavy atom. The van der Waals surface area contributed by atoms with E-state index in [2.05, 4.69) is 0 Å². The standard InChI is InChI=1S/C25H20FNO3/c1-16-7-9-19(10-8-16)23(28)21-22(18-11-13-20(26)14-12-18)27(25(30)24(21)29)15-17-5-3-2-4-6-17/h2-14,22,28H,15H2,1H3/b23-21+. The highest BCUT2D eigenvalue weighted by Gasteiger charge is 2.46. The zero-order valence-corrected chi connectivity index (χ0v) is 16.4. The first kappa shape index (κ1) is 19.6. The fourth-order valence-corrected chi connectivity index (χ4v) is 3.68. The molecule has 4 rings (SSSR count). The Kier molecular flexibility index (Phi) is 5.19. The van der Waals surface area contributed by atoms with E-state index in [1.54, 1.807) is 12.1 Å². The number of hydrogen-bond acceptors (Lipinski definition) is 3. The minimum Gasteiger partial charge on any atom is -0.507 e. The van der Waals surface area contributed by atoms with E-state index >= 15 is 0 Å². The number of likely N-dealkylation sites (tertiary alicyclic amines) is 1. The van der Waals surface area contributed by atoms with Crippen molar-refractivity contribution in [1.82, 2.24) is 4.90 Å². The number of nitrogens with zero attached hydrogens (tertiary/aromatic N) is 1. The Bertz CT molecular complexity index is 1120. The van der Waals surface area contributed by atoms with Crippen LogP contribution in [0.25, 0.3) is 5.76 Å². The van der Waals surface area contributed by atoms with Crippen molar-refractivity contribution in [3.8, 4) is 0 Å². The highest BCUT2D eigenvalue weighted by atomic mass is 19.1. The quantitative estimate of drug-likeness (QED) is 0.390. The van der Waals surface area contributed by atoms with E-state index in [4.69, 9.17) is 0 Å². The summed E-state index contributed by atoms with van der Waals surface area (Å²) in [6.45, 7) is 2.11. The summed E-state index contributed by atoms with van der Waals surface area (Å²) in [7, 11) is 0. The SMILES string of the molecule is Cc1ccc(/C(O)=C2\C(=O)C(=O)N(Cc3ccccc3)C2c2ccc(F)cc2)cc1. The lowest BCUT2D eigenvalue weighted by Crippen LogP contribution is -2.29. The number of aliphatic hydroxyl groups is 1. The molecule has 4 nitrogen and oxygen atoms in total. The summed E-state index contributed by atoms with van der Waals surface area (Å²) >= 11 is 0. The van der Waals surface area contributed by atoms with Crippen LogP contribution in [0.2, 0.25) is 0 Å². The Labute approximate surface area is 173 Å². The molecule has 0 radical (unpaired) electrons. The maximum atomic E-state index is 13.5. The molecule has 1 unspecified atom stereocenters. The van der Waals surface area contributed by atoms with Crippen molar-refractivity contribution >= 4 is 17.4 Å². The van der Waals surface area contributed by atoms with Gasteiger partial charge >= 0.3 is 0 Å². The predicted molar refractivity (Wildman–Crippen MR) is 112 cm³/mol. The second kappa shape index (κ2) is 7.95. The largest absolute Gasteiger partial charge is 0.507 e. The van der Waals surface area contributed by atoms with Crippen LogP contribution in [0.5, 0.6) is 0 Å². The topological polar surface area (TPSA) is 57.6 Å².